The molecule has 0 aliphatic heterocycles. The first kappa shape index (κ1) is 14.1. The molecule has 0 aromatic rings. The molecule has 104 valence electrons. The van der Waals surface area contributed by atoms with E-state index in [0.717, 1.165) is 0 Å². The van der Waals surface area contributed by atoms with E-state index in [4.69, 9.17) is 5.73 Å². The molecular weight excluding hydrogens is 218 g/mol. The molecule has 1 nitrogen and oxygen atoms in total. The van der Waals surface area contributed by atoms with Gasteiger partial charge in [-0.05, 0) is 49.9 Å². The van der Waals surface area contributed by atoms with E-state index in [9.17, 15) is 0 Å². The van der Waals surface area contributed by atoms with Gasteiger partial charge in [-0.15, -0.1) is 0 Å². The van der Waals surface area contributed by atoms with Crippen LogP contribution in [-0.2, 0) is 0 Å². The maximum absolute atomic E-state index is 6.65. The first-order valence-corrected chi connectivity index (χ1v) is 8.06. The Morgan fingerprint density at radius 2 is 1.89 bits per heavy atom. The Morgan fingerprint density at radius 1 is 1.11 bits per heavy atom. The van der Waals surface area contributed by atoms with E-state index < -0.39 is 0 Å². The van der Waals surface area contributed by atoms with Gasteiger partial charge in [0.05, 0.1) is 0 Å². The molecule has 1 fully saturated rings. The Hall–Kier alpha value is -0.300. The molecule has 2 aliphatic carbocycles. The lowest BCUT2D eigenvalue weighted by Gasteiger charge is -2.43. The summed E-state index contributed by atoms with van der Waals surface area (Å²) in [6, 6.07) is 0.332. The Kier molecular flexibility index (Phi) is 4.89. The second kappa shape index (κ2) is 6.23. The second-order valence-electron chi connectivity index (χ2n) is 7.10. The fourth-order valence-corrected chi connectivity index (χ4v) is 3.96. The standard InChI is InChI=1S/C17H31N/c1-17(2)13-9-8-12-15(17)16(18)14-10-6-4-3-5-7-11-14/h10,15-16H,3-9,11-13,18H2,1-2H3. The fraction of sp³-hybridized carbons (Fsp3) is 0.882. The summed E-state index contributed by atoms with van der Waals surface area (Å²) >= 11 is 0. The first-order valence-electron chi connectivity index (χ1n) is 8.06. The van der Waals surface area contributed by atoms with Gasteiger partial charge in [0.1, 0.15) is 0 Å². The van der Waals surface area contributed by atoms with Gasteiger partial charge >= 0.3 is 0 Å². The van der Waals surface area contributed by atoms with Crippen LogP contribution in [0.25, 0.3) is 0 Å². The summed E-state index contributed by atoms with van der Waals surface area (Å²) in [4.78, 5) is 0. The van der Waals surface area contributed by atoms with Crippen molar-refractivity contribution in [3.05, 3.63) is 11.6 Å². The van der Waals surface area contributed by atoms with Crippen LogP contribution in [0.5, 0.6) is 0 Å². The molecule has 0 bridgehead atoms. The van der Waals surface area contributed by atoms with Crippen molar-refractivity contribution in [3.8, 4) is 0 Å². The van der Waals surface area contributed by atoms with Crippen molar-refractivity contribution < 1.29 is 0 Å². The molecule has 2 unspecified atom stereocenters. The van der Waals surface area contributed by atoms with Gasteiger partial charge in [0.25, 0.3) is 0 Å². The van der Waals surface area contributed by atoms with Crippen LogP contribution in [0.2, 0.25) is 0 Å². The lowest BCUT2D eigenvalue weighted by Crippen LogP contribution is -2.43. The third-order valence-electron chi connectivity index (χ3n) is 5.28. The van der Waals surface area contributed by atoms with Gasteiger partial charge < -0.3 is 5.73 Å². The van der Waals surface area contributed by atoms with Crippen LogP contribution in [0.3, 0.4) is 0 Å². The van der Waals surface area contributed by atoms with E-state index >= 15 is 0 Å². The van der Waals surface area contributed by atoms with E-state index in [2.05, 4.69) is 19.9 Å². The average Bonchev–Trinajstić information content (AvgIpc) is 2.27. The summed E-state index contributed by atoms with van der Waals surface area (Å²) < 4.78 is 0. The molecule has 0 spiro atoms. The van der Waals surface area contributed by atoms with E-state index in [1.165, 1.54) is 64.2 Å². The van der Waals surface area contributed by atoms with Crippen molar-refractivity contribution in [1.29, 1.82) is 0 Å². The molecule has 1 heteroatoms. The highest BCUT2D eigenvalue weighted by atomic mass is 14.7. The maximum atomic E-state index is 6.65. The zero-order chi connectivity index (χ0) is 13.0. The van der Waals surface area contributed by atoms with E-state index in [1.54, 1.807) is 5.57 Å². The SMILES string of the molecule is CC1(C)CCCCC1C(N)C1=CCCCCCC1. The summed E-state index contributed by atoms with van der Waals surface area (Å²) in [5.74, 6) is 0.705. The number of rotatable bonds is 2. The van der Waals surface area contributed by atoms with Gasteiger partial charge in [-0.2, -0.15) is 0 Å². The monoisotopic (exact) mass is 249 g/mol. The lowest BCUT2D eigenvalue weighted by molar-refractivity contribution is 0.121. The molecule has 0 aromatic carbocycles. The van der Waals surface area contributed by atoms with Gasteiger partial charge in [0.15, 0.2) is 0 Å². The molecule has 0 aromatic heterocycles. The third-order valence-corrected chi connectivity index (χ3v) is 5.28. The number of hydrogen-bond acceptors (Lipinski definition) is 1. The first-order chi connectivity index (χ1) is 8.61. The molecule has 0 radical (unpaired) electrons. The zero-order valence-electron chi connectivity index (χ0n) is 12.4. The van der Waals surface area contributed by atoms with Crippen LogP contribution < -0.4 is 5.73 Å². The van der Waals surface area contributed by atoms with Crippen LogP contribution in [0, 0.1) is 11.3 Å². The van der Waals surface area contributed by atoms with E-state index in [1.807, 2.05) is 0 Å². The lowest BCUT2D eigenvalue weighted by atomic mass is 9.64. The summed E-state index contributed by atoms with van der Waals surface area (Å²) in [5.41, 5.74) is 8.67. The minimum Gasteiger partial charge on any atom is -0.324 e. The molecule has 0 saturated heterocycles. The van der Waals surface area contributed by atoms with Crippen LogP contribution >= 0.6 is 0 Å². The van der Waals surface area contributed by atoms with Crippen molar-refractivity contribution >= 4 is 0 Å². The second-order valence-corrected chi connectivity index (χ2v) is 7.10. The summed E-state index contributed by atoms with van der Waals surface area (Å²) in [6.07, 6.45) is 16.0. The van der Waals surface area contributed by atoms with Crippen molar-refractivity contribution in [2.45, 2.75) is 84.1 Å². The highest BCUT2D eigenvalue weighted by molar-refractivity contribution is 5.14. The molecule has 0 amide bonds. The topological polar surface area (TPSA) is 26.0 Å². The number of hydrogen-bond donors (Lipinski definition) is 1. The average molecular weight is 249 g/mol. The Balaban J connectivity index is 2.06. The molecule has 1 saturated carbocycles. The predicted octanol–water partition coefficient (Wildman–Crippen LogP) is 4.81. The van der Waals surface area contributed by atoms with Crippen LogP contribution in [0.1, 0.15) is 78.1 Å². The smallest absolute Gasteiger partial charge is 0.0287 e. The summed E-state index contributed by atoms with van der Waals surface area (Å²) in [5, 5.41) is 0. The van der Waals surface area contributed by atoms with Crippen LogP contribution in [0.4, 0.5) is 0 Å². The van der Waals surface area contributed by atoms with Crippen molar-refractivity contribution in [2.24, 2.45) is 17.1 Å². The van der Waals surface area contributed by atoms with Crippen molar-refractivity contribution in [2.75, 3.05) is 0 Å². The molecule has 2 atom stereocenters. The summed E-state index contributed by atoms with van der Waals surface area (Å²) in [7, 11) is 0. The minimum absolute atomic E-state index is 0.332. The highest BCUT2D eigenvalue weighted by Crippen LogP contribution is 2.43. The van der Waals surface area contributed by atoms with Crippen LogP contribution in [-0.4, -0.2) is 6.04 Å². The zero-order valence-corrected chi connectivity index (χ0v) is 12.4. The molecule has 2 N–H and O–H groups in total. The van der Waals surface area contributed by atoms with E-state index in [-0.39, 0.29) is 0 Å². The maximum Gasteiger partial charge on any atom is 0.0287 e. The third kappa shape index (κ3) is 3.38. The molecule has 0 heterocycles. The van der Waals surface area contributed by atoms with Gasteiger partial charge in [-0.1, -0.05) is 51.2 Å². The Labute approximate surface area is 113 Å². The number of allylic oxidation sites excluding steroid dienone is 1. The predicted molar refractivity (Wildman–Crippen MR) is 79.5 cm³/mol. The molecule has 2 aliphatic rings. The van der Waals surface area contributed by atoms with Crippen molar-refractivity contribution in [3.63, 3.8) is 0 Å². The van der Waals surface area contributed by atoms with Crippen molar-refractivity contribution in [1.82, 2.24) is 0 Å². The Morgan fingerprint density at radius 3 is 2.67 bits per heavy atom. The van der Waals surface area contributed by atoms with Gasteiger partial charge in [-0.3, -0.25) is 0 Å². The molecule has 2 rings (SSSR count). The normalized spacial score (nSPS) is 31.1. The van der Waals surface area contributed by atoms with Gasteiger partial charge in [0.2, 0.25) is 0 Å². The minimum atomic E-state index is 0.332. The quantitative estimate of drug-likeness (QED) is 0.698. The largest absolute Gasteiger partial charge is 0.324 e. The summed E-state index contributed by atoms with van der Waals surface area (Å²) in [6.45, 7) is 4.86. The van der Waals surface area contributed by atoms with Gasteiger partial charge in [-0.25, -0.2) is 0 Å². The van der Waals surface area contributed by atoms with E-state index in [0.29, 0.717) is 17.4 Å². The molecule has 18 heavy (non-hydrogen) atoms. The highest BCUT2D eigenvalue weighted by Gasteiger charge is 2.37. The van der Waals surface area contributed by atoms with Crippen LogP contribution in [0.15, 0.2) is 11.6 Å². The number of nitrogens with two attached hydrogens (primary N) is 1. The Bertz CT molecular complexity index is 290. The fourth-order valence-electron chi connectivity index (χ4n) is 3.96. The molecular formula is C17H31N. The van der Waals surface area contributed by atoms with Gasteiger partial charge in [0, 0.05) is 6.04 Å².